The molecule has 0 radical (unpaired) electrons. The summed E-state index contributed by atoms with van der Waals surface area (Å²) in [6.45, 7) is 52.2. The summed E-state index contributed by atoms with van der Waals surface area (Å²) in [5.41, 5.74) is 8.71. The van der Waals surface area contributed by atoms with Crippen molar-refractivity contribution in [3.05, 3.63) is 154 Å². The molecule has 3 aromatic heterocycles. The first-order chi connectivity index (χ1) is 45.6. The average molecular weight is 1620 g/mol. The van der Waals surface area contributed by atoms with E-state index in [9.17, 15) is 8.78 Å². The van der Waals surface area contributed by atoms with Gasteiger partial charge in [-0.05, 0) is 185 Å². The van der Waals surface area contributed by atoms with Crippen LogP contribution in [0, 0.1) is 24.2 Å². The number of pyridine rings is 2. The van der Waals surface area contributed by atoms with E-state index in [-0.39, 0.29) is 72.4 Å². The quantitative estimate of drug-likeness (QED) is 0.0456. The Morgan fingerprint density at radius 3 is 1.23 bits per heavy atom. The molecule has 616 valence electrons. The predicted octanol–water partition coefficient (Wildman–Crippen LogP) is 28.4. The van der Waals surface area contributed by atoms with Gasteiger partial charge in [-0.2, -0.15) is 99.4 Å². The summed E-state index contributed by atoms with van der Waals surface area (Å²) in [6.07, 6.45) is 15.7. The lowest BCUT2D eigenvalue weighted by atomic mass is 10.2. The van der Waals surface area contributed by atoms with Crippen LogP contribution in [-0.4, -0.2) is 154 Å². The van der Waals surface area contributed by atoms with Crippen LogP contribution in [0.15, 0.2) is 110 Å². The number of halogens is 2. The summed E-state index contributed by atoms with van der Waals surface area (Å²) in [5.74, 6) is 7.52. The predicted molar refractivity (Wildman–Crippen MR) is 503 cm³/mol. The van der Waals surface area contributed by atoms with Gasteiger partial charge in [-0.25, -0.2) is 8.78 Å². The molecule has 3 aliphatic rings. The lowest BCUT2D eigenvalue weighted by molar-refractivity contribution is 0.0174. The zero-order chi connectivity index (χ0) is 71.7. The Hall–Kier alpha value is -1.95. The maximum absolute atomic E-state index is 12.9. The maximum Gasteiger partial charge on any atom is 0.271 e. The Balaban J connectivity index is -0.000000142. The Bertz CT molecular complexity index is 2620. The first-order valence-electron chi connectivity index (χ1n) is 35.5. The van der Waals surface area contributed by atoms with E-state index in [1.807, 2.05) is 112 Å². The highest BCUT2D eigenvalue weighted by atomic mass is 32.2. The lowest BCUT2D eigenvalue weighted by Gasteiger charge is -2.30. The molecule has 17 heteroatoms. The smallest absolute Gasteiger partial charge is 0.271 e. The molecule has 1 atom stereocenters. The van der Waals surface area contributed by atoms with Gasteiger partial charge in [0.1, 0.15) is 0 Å². The van der Waals surface area contributed by atoms with Crippen molar-refractivity contribution in [3.8, 4) is 6.07 Å². The summed E-state index contributed by atoms with van der Waals surface area (Å²) in [6, 6.07) is 28.6. The number of rotatable bonds is 29. The minimum atomic E-state index is -2.73. The molecule has 6 heterocycles. The number of aromatic nitrogens is 3. The van der Waals surface area contributed by atoms with E-state index >= 15 is 0 Å². The number of hydrogen-bond acceptors (Lipinski definition) is 14. The van der Waals surface area contributed by atoms with E-state index in [2.05, 4.69) is 240 Å². The SMILES string of the molecule is C.C.C.C.C.C.C.C.C.CC(C)SCC1CCN(C)C1.CC(C)SCCN1CCC1.CC(C)SCCN1CCCC1.CC(C)SCCn1ccc(C(C)(F)F)c1.CC(C)SCc1ccc(C#N)cc1.CC(C)SCc1cccnc1.CCc1ccc(CSC(C)C)cn1.Cc1ccc(CSC(C)C)cc1. The second-order valence-corrected chi connectivity index (χ2v) is 39.9. The number of alkyl halides is 2. The second-order valence-electron chi connectivity index (χ2n) is 26.9. The fraction of sp³-hybridized carbons (Fsp3) is 0.693. The molecule has 0 saturated carbocycles. The molecule has 3 fully saturated rings. The summed E-state index contributed by atoms with van der Waals surface area (Å²) < 4.78 is 27.6. The van der Waals surface area contributed by atoms with Crippen LogP contribution in [0.2, 0.25) is 0 Å². The molecular weight excluding hydrogens is 1450 g/mol. The third-order valence-electron chi connectivity index (χ3n) is 14.6. The zero-order valence-corrected chi connectivity index (χ0v) is 69.8. The minimum absolute atomic E-state index is 0. The molecule has 3 aliphatic heterocycles. The number of nitrogens with zero attached hydrogens (tertiary/aromatic N) is 7. The summed E-state index contributed by atoms with van der Waals surface area (Å²) >= 11 is 15.9. The summed E-state index contributed by atoms with van der Waals surface area (Å²) in [7, 11) is 2.22. The zero-order valence-electron chi connectivity index (χ0n) is 63.3. The van der Waals surface area contributed by atoms with E-state index in [1.54, 1.807) is 6.20 Å². The molecule has 0 amide bonds. The molecule has 0 N–H and O–H groups in total. The number of likely N-dealkylation sites (tertiary alicyclic amines) is 3. The molecule has 7 nitrogen and oxygen atoms in total. The maximum atomic E-state index is 12.9. The van der Waals surface area contributed by atoms with E-state index < -0.39 is 5.92 Å². The van der Waals surface area contributed by atoms with Gasteiger partial charge in [0.25, 0.3) is 5.92 Å². The molecular formula is C88H167F2N7S8. The molecule has 3 saturated heterocycles. The molecule has 0 bridgehead atoms. The van der Waals surface area contributed by atoms with Gasteiger partial charge in [-0.15, -0.1) is 0 Å². The number of aryl methyl sites for hydroxylation is 3. The van der Waals surface area contributed by atoms with Crippen molar-refractivity contribution in [2.24, 2.45) is 5.92 Å². The van der Waals surface area contributed by atoms with Gasteiger partial charge in [-0.1, -0.05) is 239 Å². The third-order valence-corrected chi connectivity index (χ3v) is 23.8. The van der Waals surface area contributed by atoms with Crippen LogP contribution in [0.4, 0.5) is 8.78 Å². The Morgan fingerprint density at radius 1 is 0.495 bits per heavy atom. The van der Waals surface area contributed by atoms with Crippen LogP contribution < -0.4 is 0 Å². The van der Waals surface area contributed by atoms with Crippen LogP contribution >= 0.6 is 94.1 Å². The highest BCUT2D eigenvalue weighted by Gasteiger charge is 2.25. The van der Waals surface area contributed by atoms with Crippen LogP contribution in [0.1, 0.15) is 262 Å². The molecule has 105 heavy (non-hydrogen) atoms. The van der Waals surface area contributed by atoms with Crippen molar-refractivity contribution in [1.29, 1.82) is 5.26 Å². The fourth-order valence-electron chi connectivity index (χ4n) is 8.82. The number of benzene rings is 2. The average Bonchev–Trinajstić information content (AvgIpc) is 1.74. The highest BCUT2D eigenvalue weighted by Crippen LogP contribution is 2.28. The second kappa shape index (κ2) is 74.8. The lowest BCUT2D eigenvalue weighted by Crippen LogP contribution is -2.38. The van der Waals surface area contributed by atoms with E-state index in [0.29, 0.717) is 21.0 Å². The van der Waals surface area contributed by atoms with E-state index in [0.717, 1.165) is 81.1 Å². The molecule has 8 rings (SSSR count). The van der Waals surface area contributed by atoms with Gasteiger partial charge in [0, 0.05) is 116 Å². The molecule has 0 spiro atoms. The van der Waals surface area contributed by atoms with Crippen LogP contribution in [-0.2, 0) is 41.9 Å². The van der Waals surface area contributed by atoms with Gasteiger partial charge in [0.15, 0.2) is 0 Å². The van der Waals surface area contributed by atoms with Gasteiger partial charge in [0.05, 0.1) is 11.6 Å². The molecule has 2 aromatic carbocycles. The largest absolute Gasteiger partial charge is 0.353 e. The Labute approximate surface area is 688 Å². The van der Waals surface area contributed by atoms with Gasteiger partial charge in [0.2, 0.25) is 0 Å². The Morgan fingerprint density at radius 2 is 0.895 bits per heavy atom. The van der Waals surface area contributed by atoms with Crippen molar-refractivity contribution >= 4 is 94.1 Å². The highest BCUT2D eigenvalue weighted by molar-refractivity contribution is 8.01. The minimum Gasteiger partial charge on any atom is -0.353 e. The number of thioether (sulfide) groups is 8. The molecule has 0 aliphatic carbocycles. The van der Waals surface area contributed by atoms with E-state index in [1.165, 1.54) is 141 Å². The first kappa shape index (κ1) is 121. The third kappa shape index (κ3) is 70.9. The summed E-state index contributed by atoms with van der Waals surface area (Å²) in [4.78, 5) is 15.9. The number of hydrogen-bond donors (Lipinski definition) is 0. The standard InChI is InChI=1S/C11H17F2NS.C11H13NS.C11H17NS.C11H16S.C9H19NS.C9H13NS.C9H19NS.C8H17NS.9CH4/c1-9(2)15-7-6-14-5-4-10(8-14)11(3,12)13;1-9(2)13-8-11-5-3-10(7-12)4-6-11;1-4-11-6-5-10(7-12-11)8-13-9(2)3;1-9(2)12-8-11-6-4-10(3)5-7-11;1-8(2)11-7-9-4-5-10(3)6-9;1-8(2)11-7-9-4-3-5-10-6-9;1-9(2)11-8-7-10-5-3-4-6-10;1-8(2)10-7-6-9-4-3-5-9;;;;;;;;;/h4-5,8-9H,6-7H2,1-3H3;3-6,9H,8H2,1-2H3;5-7,9H,4,8H2,1-3H3;4-7,9H,8H2,1-3H3;8-9H,4-7H2,1-3H3;3-6,8H,7H2,1-2H3;9H,3-8H2,1-2H3;8H,3-7H2,1-2H3;9*1H4. The molecule has 1 unspecified atom stereocenters. The molecule has 5 aromatic rings. The Kier molecular flexibility index (Phi) is 86.4. The normalized spacial score (nSPS) is 13.4. The topological polar surface area (TPSA) is 64.2 Å². The van der Waals surface area contributed by atoms with Crippen LogP contribution in [0.5, 0.6) is 0 Å². The number of nitriles is 1. The van der Waals surface area contributed by atoms with Crippen molar-refractivity contribution in [1.82, 2.24) is 29.2 Å². The monoisotopic (exact) mass is 1620 g/mol. The van der Waals surface area contributed by atoms with Crippen molar-refractivity contribution in [2.45, 2.75) is 308 Å². The fourth-order valence-corrected chi connectivity index (χ4v) is 15.0. The first-order valence-corrected chi connectivity index (χ1v) is 43.9. The van der Waals surface area contributed by atoms with Crippen molar-refractivity contribution in [3.63, 3.8) is 0 Å². The van der Waals surface area contributed by atoms with Crippen LogP contribution in [0.3, 0.4) is 0 Å². The van der Waals surface area contributed by atoms with E-state index in [4.69, 9.17) is 5.26 Å². The van der Waals surface area contributed by atoms with Gasteiger partial charge < -0.3 is 19.3 Å². The van der Waals surface area contributed by atoms with Gasteiger partial charge in [-0.3, -0.25) is 9.97 Å². The summed E-state index contributed by atoms with van der Waals surface area (Å²) in [5, 5.41) is 14.4. The van der Waals surface area contributed by atoms with Crippen molar-refractivity contribution < 1.29 is 8.78 Å². The van der Waals surface area contributed by atoms with Crippen LogP contribution in [0.25, 0.3) is 0 Å². The van der Waals surface area contributed by atoms with Crippen molar-refractivity contribution in [2.75, 3.05) is 82.4 Å². The van der Waals surface area contributed by atoms with Gasteiger partial charge >= 0.3 is 0 Å².